The molecule has 0 N–H and O–H groups in total. The molecule has 1 amide bonds. The fraction of sp³-hybridized carbons (Fsp3) is 0.176. The van der Waals surface area contributed by atoms with Crippen LogP contribution >= 0.6 is 0 Å². The number of hydrogen-bond donors (Lipinski definition) is 0. The molecule has 20 heavy (non-hydrogen) atoms. The fourth-order valence-electron chi connectivity index (χ4n) is 2.66. The van der Waals surface area contributed by atoms with Gasteiger partial charge in [0.1, 0.15) is 0 Å². The Balaban J connectivity index is 2.06. The first-order valence-electron chi connectivity index (χ1n) is 6.68. The van der Waals surface area contributed by atoms with Gasteiger partial charge < -0.3 is 4.90 Å². The Kier molecular flexibility index (Phi) is 3.11. The lowest BCUT2D eigenvalue weighted by atomic mass is 9.97. The van der Waals surface area contributed by atoms with Gasteiger partial charge in [-0.15, -0.1) is 0 Å². The van der Waals surface area contributed by atoms with E-state index in [1.165, 1.54) is 6.92 Å². The highest BCUT2D eigenvalue weighted by molar-refractivity contribution is 6.11. The summed E-state index contributed by atoms with van der Waals surface area (Å²) in [4.78, 5) is 26.0. The van der Waals surface area contributed by atoms with Gasteiger partial charge in [0, 0.05) is 17.7 Å². The summed E-state index contributed by atoms with van der Waals surface area (Å²) in [6.45, 7) is 2.14. The van der Waals surface area contributed by atoms with Crippen molar-refractivity contribution in [2.75, 3.05) is 11.4 Å². The molecule has 2 aromatic rings. The Morgan fingerprint density at radius 2 is 1.75 bits per heavy atom. The normalized spacial score (nSPS) is 14.1. The molecule has 3 nitrogen and oxygen atoms in total. The monoisotopic (exact) mass is 265 g/mol. The van der Waals surface area contributed by atoms with Gasteiger partial charge in [-0.25, -0.2) is 0 Å². The molecule has 0 aliphatic carbocycles. The Hall–Kier alpha value is -2.42. The number of benzene rings is 2. The zero-order chi connectivity index (χ0) is 14.1. The number of para-hydroxylation sites is 1. The van der Waals surface area contributed by atoms with Crippen LogP contribution in [0.15, 0.2) is 48.5 Å². The zero-order valence-corrected chi connectivity index (χ0v) is 11.3. The molecule has 0 spiro atoms. The molecule has 1 heterocycles. The van der Waals surface area contributed by atoms with Crippen LogP contribution in [-0.4, -0.2) is 18.2 Å². The molecule has 0 bridgehead atoms. The van der Waals surface area contributed by atoms with E-state index in [9.17, 15) is 9.59 Å². The van der Waals surface area contributed by atoms with Crippen molar-refractivity contribution in [2.45, 2.75) is 13.3 Å². The van der Waals surface area contributed by atoms with E-state index in [1.807, 2.05) is 42.5 Å². The van der Waals surface area contributed by atoms with E-state index in [2.05, 4.69) is 0 Å². The lowest BCUT2D eigenvalue weighted by Gasteiger charge is -2.29. The van der Waals surface area contributed by atoms with E-state index >= 15 is 0 Å². The topological polar surface area (TPSA) is 37.4 Å². The van der Waals surface area contributed by atoms with Gasteiger partial charge in [-0.1, -0.05) is 30.3 Å². The van der Waals surface area contributed by atoms with E-state index in [0.29, 0.717) is 17.8 Å². The van der Waals surface area contributed by atoms with E-state index in [0.717, 1.165) is 17.5 Å². The lowest BCUT2D eigenvalue weighted by molar-refractivity contribution is 0.0980. The molecule has 0 saturated heterocycles. The predicted octanol–water partition coefficient (Wildman–Crippen LogP) is 3.09. The number of amides is 1. The van der Waals surface area contributed by atoms with Crippen LogP contribution in [0.2, 0.25) is 0 Å². The Morgan fingerprint density at radius 3 is 2.55 bits per heavy atom. The molecule has 0 unspecified atom stereocenters. The number of ketones is 1. The minimum atomic E-state index is -0.0273. The number of nitrogens with zero attached hydrogens (tertiary/aromatic N) is 1. The number of hydrogen-bond acceptors (Lipinski definition) is 2. The van der Waals surface area contributed by atoms with E-state index < -0.39 is 0 Å². The molecule has 3 rings (SSSR count). The largest absolute Gasteiger partial charge is 0.307 e. The molecular formula is C17H15NO2. The van der Waals surface area contributed by atoms with Crippen molar-refractivity contribution in [3.8, 4) is 0 Å². The first-order valence-corrected chi connectivity index (χ1v) is 6.68. The SMILES string of the molecule is CC(=O)c1ccccc1N1CCc2ccccc2C1=O. The fourth-order valence-corrected chi connectivity index (χ4v) is 2.66. The van der Waals surface area contributed by atoms with Crippen molar-refractivity contribution < 1.29 is 9.59 Å². The summed E-state index contributed by atoms with van der Waals surface area (Å²) in [7, 11) is 0. The van der Waals surface area contributed by atoms with Crippen LogP contribution in [0, 0.1) is 0 Å². The summed E-state index contributed by atoms with van der Waals surface area (Å²) < 4.78 is 0. The molecule has 0 radical (unpaired) electrons. The second kappa shape index (κ2) is 4.93. The molecule has 2 aromatic carbocycles. The first-order chi connectivity index (χ1) is 9.68. The van der Waals surface area contributed by atoms with Crippen LogP contribution in [0.4, 0.5) is 5.69 Å². The molecule has 0 saturated carbocycles. The van der Waals surface area contributed by atoms with Crippen LogP contribution in [0.5, 0.6) is 0 Å². The molecular weight excluding hydrogens is 250 g/mol. The Labute approximate surface area is 117 Å². The third kappa shape index (κ3) is 2.01. The average Bonchev–Trinajstić information content (AvgIpc) is 2.48. The molecule has 1 aliphatic heterocycles. The maximum Gasteiger partial charge on any atom is 0.258 e. The van der Waals surface area contributed by atoms with Crippen molar-refractivity contribution in [3.63, 3.8) is 0 Å². The van der Waals surface area contributed by atoms with Crippen LogP contribution < -0.4 is 4.90 Å². The quantitative estimate of drug-likeness (QED) is 0.782. The maximum absolute atomic E-state index is 12.6. The number of Topliss-reactive ketones (excluding diaryl/α,β-unsaturated/α-hetero) is 1. The van der Waals surface area contributed by atoms with Gasteiger partial charge >= 0.3 is 0 Å². The Bertz CT molecular complexity index is 691. The third-order valence-electron chi connectivity index (χ3n) is 3.67. The van der Waals surface area contributed by atoms with Gasteiger partial charge in [0.05, 0.1) is 5.69 Å². The van der Waals surface area contributed by atoms with Crippen molar-refractivity contribution in [1.29, 1.82) is 0 Å². The highest BCUT2D eigenvalue weighted by atomic mass is 16.2. The van der Waals surface area contributed by atoms with Gasteiger partial charge in [0.25, 0.3) is 5.91 Å². The standard InChI is InChI=1S/C17H15NO2/c1-12(19)14-7-4-5-9-16(14)18-11-10-13-6-2-3-8-15(13)17(18)20/h2-9H,10-11H2,1H3. The van der Waals surface area contributed by atoms with Crippen LogP contribution in [0.3, 0.4) is 0 Å². The summed E-state index contributed by atoms with van der Waals surface area (Å²) in [5.41, 5.74) is 3.12. The number of fused-ring (bicyclic) bond motifs is 1. The van der Waals surface area contributed by atoms with Crippen molar-refractivity contribution in [1.82, 2.24) is 0 Å². The molecule has 100 valence electrons. The average molecular weight is 265 g/mol. The zero-order valence-electron chi connectivity index (χ0n) is 11.3. The first kappa shape index (κ1) is 12.6. The van der Waals surface area contributed by atoms with E-state index in [4.69, 9.17) is 0 Å². The second-order valence-electron chi connectivity index (χ2n) is 4.94. The molecule has 0 atom stereocenters. The van der Waals surface area contributed by atoms with Crippen LogP contribution in [0.25, 0.3) is 0 Å². The summed E-state index contributed by atoms with van der Waals surface area (Å²) in [6.07, 6.45) is 0.814. The maximum atomic E-state index is 12.6. The highest BCUT2D eigenvalue weighted by Gasteiger charge is 2.26. The Morgan fingerprint density at radius 1 is 1.05 bits per heavy atom. The van der Waals surface area contributed by atoms with E-state index in [-0.39, 0.29) is 11.7 Å². The number of carbonyl (C=O) groups excluding carboxylic acids is 2. The van der Waals surface area contributed by atoms with Gasteiger partial charge in [-0.3, -0.25) is 9.59 Å². The number of anilines is 1. The smallest absolute Gasteiger partial charge is 0.258 e. The van der Waals surface area contributed by atoms with Crippen LogP contribution in [-0.2, 0) is 6.42 Å². The number of carbonyl (C=O) groups is 2. The molecule has 1 aliphatic rings. The van der Waals surface area contributed by atoms with Crippen LogP contribution in [0.1, 0.15) is 33.2 Å². The van der Waals surface area contributed by atoms with Gasteiger partial charge in [0.15, 0.2) is 5.78 Å². The predicted molar refractivity (Wildman–Crippen MR) is 78.3 cm³/mol. The summed E-state index contributed by atoms with van der Waals surface area (Å²) in [6, 6.07) is 14.9. The van der Waals surface area contributed by atoms with E-state index in [1.54, 1.807) is 11.0 Å². The number of rotatable bonds is 2. The van der Waals surface area contributed by atoms with Gasteiger partial charge in [0.2, 0.25) is 0 Å². The van der Waals surface area contributed by atoms with Gasteiger partial charge in [-0.2, -0.15) is 0 Å². The minimum absolute atomic E-state index is 0.0211. The minimum Gasteiger partial charge on any atom is -0.307 e. The van der Waals surface area contributed by atoms with Crippen molar-refractivity contribution in [2.24, 2.45) is 0 Å². The van der Waals surface area contributed by atoms with Crippen molar-refractivity contribution in [3.05, 3.63) is 65.2 Å². The molecule has 0 aromatic heterocycles. The summed E-state index contributed by atoms with van der Waals surface area (Å²) in [5, 5.41) is 0. The molecule has 0 fully saturated rings. The van der Waals surface area contributed by atoms with Gasteiger partial charge in [-0.05, 0) is 37.1 Å². The summed E-state index contributed by atoms with van der Waals surface area (Å²) in [5.74, 6) is -0.0483. The third-order valence-corrected chi connectivity index (χ3v) is 3.67. The van der Waals surface area contributed by atoms with Crippen molar-refractivity contribution >= 4 is 17.4 Å². The second-order valence-corrected chi connectivity index (χ2v) is 4.94. The highest BCUT2D eigenvalue weighted by Crippen LogP contribution is 2.27. The summed E-state index contributed by atoms with van der Waals surface area (Å²) >= 11 is 0. The molecule has 3 heteroatoms. The lowest BCUT2D eigenvalue weighted by Crippen LogP contribution is -2.38.